The lowest BCUT2D eigenvalue weighted by molar-refractivity contribution is 0.101. The fourth-order valence-electron chi connectivity index (χ4n) is 2.45. The zero-order chi connectivity index (χ0) is 15.6. The molecule has 1 aromatic carbocycles. The normalized spacial score (nSPS) is 10.5. The molecule has 0 saturated carbocycles. The summed E-state index contributed by atoms with van der Waals surface area (Å²) >= 11 is 0. The molecule has 4 nitrogen and oxygen atoms in total. The van der Waals surface area contributed by atoms with Gasteiger partial charge in [0.05, 0.1) is 18.4 Å². The Morgan fingerprint density at radius 1 is 1.24 bits per heavy atom. The van der Waals surface area contributed by atoms with E-state index in [2.05, 4.69) is 0 Å². The SMILES string of the molecule is CCn1c(-c2ccc(OC)c(C)c2)ccc(C(C)=O)c1=O. The molecule has 0 aliphatic carbocycles. The van der Waals surface area contributed by atoms with Crippen molar-refractivity contribution in [1.82, 2.24) is 4.57 Å². The van der Waals surface area contributed by atoms with Crippen LogP contribution in [-0.2, 0) is 6.54 Å². The maximum atomic E-state index is 12.4. The van der Waals surface area contributed by atoms with Crippen molar-refractivity contribution in [1.29, 1.82) is 0 Å². The molecule has 0 bridgehead atoms. The lowest BCUT2D eigenvalue weighted by atomic mass is 10.1. The van der Waals surface area contributed by atoms with Crippen molar-refractivity contribution < 1.29 is 9.53 Å². The molecule has 110 valence electrons. The molecule has 0 atom stereocenters. The van der Waals surface area contributed by atoms with Crippen molar-refractivity contribution in [2.45, 2.75) is 27.3 Å². The number of nitrogens with zero attached hydrogens (tertiary/aromatic N) is 1. The Kier molecular flexibility index (Phi) is 4.26. The highest BCUT2D eigenvalue weighted by molar-refractivity contribution is 5.94. The summed E-state index contributed by atoms with van der Waals surface area (Å²) in [6.07, 6.45) is 0. The number of benzene rings is 1. The van der Waals surface area contributed by atoms with Crippen LogP contribution in [0.15, 0.2) is 35.1 Å². The van der Waals surface area contributed by atoms with Crippen molar-refractivity contribution in [2.75, 3.05) is 7.11 Å². The smallest absolute Gasteiger partial charge is 0.261 e. The molecule has 0 fully saturated rings. The second-order valence-electron chi connectivity index (χ2n) is 4.92. The van der Waals surface area contributed by atoms with Crippen LogP contribution in [0, 0.1) is 6.92 Å². The lowest BCUT2D eigenvalue weighted by Gasteiger charge is -2.14. The van der Waals surface area contributed by atoms with Gasteiger partial charge in [-0.3, -0.25) is 9.59 Å². The Bertz CT molecular complexity index is 744. The molecular weight excluding hydrogens is 266 g/mol. The molecule has 0 spiro atoms. The predicted molar refractivity (Wildman–Crippen MR) is 83.1 cm³/mol. The second kappa shape index (κ2) is 5.95. The number of aryl methyl sites for hydroxylation is 1. The fraction of sp³-hybridized carbons (Fsp3) is 0.294. The van der Waals surface area contributed by atoms with Gasteiger partial charge in [-0.1, -0.05) is 0 Å². The van der Waals surface area contributed by atoms with Crippen molar-refractivity contribution >= 4 is 5.78 Å². The maximum Gasteiger partial charge on any atom is 0.261 e. The summed E-state index contributed by atoms with van der Waals surface area (Å²) in [6, 6.07) is 9.20. The van der Waals surface area contributed by atoms with E-state index in [1.165, 1.54) is 6.92 Å². The third-order valence-electron chi connectivity index (χ3n) is 3.56. The summed E-state index contributed by atoms with van der Waals surface area (Å²) in [6.45, 7) is 5.78. The maximum absolute atomic E-state index is 12.4. The van der Waals surface area contributed by atoms with Crippen molar-refractivity contribution in [3.63, 3.8) is 0 Å². The molecular formula is C17H19NO3. The quantitative estimate of drug-likeness (QED) is 0.811. The van der Waals surface area contributed by atoms with E-state index >= 15 is 0 Å². The number of carbonyl (C=O) groups excluding carboxylic acids is 1. The highest BCUT2D eigenvalue weighted by Gasteiger charge is 2.12. The number of hydrogen-bond donors (Lipinski definition) is 0. The third kappa shape index (κ3) is 2.75. The standard InChI is InChI=1S/C17H19NO3/c1-5-18-15(8-7-14(12(3)19)17(18)20)13-6-9-16(21-4)11(2)10-13/h6-10H,5H2,1-4H3. The number of rotatable bonds is 4. The molecule has 0 aliphatic rings. The van der Waals surface area contributed by atoms with Gasteiger partial charge in [-0.05, 0) is 62.2 Å². The van der Waals surface area contributed by atoms with Crippen LogP contribution in [0.2, 0.25) is 0 Å². The van der Waals surface area contributed by atoms with Crippen LogP contribution in [0.5, 0.6) is 5.75 Å². The number of aromatic nitrogens is 1. The van der Waals surface area contributed by atoms with Crippen LogP contribution in [-0.4, -0.2) is 17.5 Å². The minimum Gasteiger partial charge on any atom is -0.496 e. The lowest BCUT2D eigenvalue weighted by Crippen LogP contribution is -2.26. The van der Waals surface area contributed by atoms with Crippen molar-refractivity contribution in [3.8, 4) is 17.0 Å². The zero-order valence-corrected chi connectivity index (χ0v) is 12.8. The van der Waals surface area contributed by atoms with Crippen molar-refractivity contribution in [2.24, 2.45) is 0 Å². The highest BCUT2D eigenvalue weighted by Crippen LogP contribution is 2.25. The van der Waals surface area contributed by atoms with Crippen LogP contribution in [0.3, 0.4) is 0 Å². The number of pyridine rings is 1. The van der Waals surface area contributed by atoms with E-state index in [4.69, 9.17) is 4.74 Å². The molecule has 0 aliphatic heterocycles. The predicted octanol–water partition coefficient (Wildman–Crippen LogP) is 3.05. The van der Waals surface area contributed by atoms with E-state index in [1.54, 1.807) is 17.7 Å². The van der Waals surface area contributed by atoms with Gasteiger partial charge in [0.1, 0.15) is 5.75 Å². The molecule has 21 heavy (non-hydrogen) atoms. The van der Waals surface area contributed by atoms with Crippen LogP contribution in [0.25, 0.3) is 11.3 Å². The van der Waals surface area contributed by atoms with Gasteiger partial charge in [0, 0.05) is 6.54 Å². The molecule has 4 heteroatoms. The average Bonchev–Trinajstić information content (AvgIpc) is 2.46. The fourth-order valence-corrected chi connectivity index (χ4v) is 2.45. The summed E-state index contributed by atoms with van der Waals surface area (Å²) in [5, 5.41) is 0. The highest BCUT2D eigenvalue weighted by atomic mass is 16.5. The molecule has 0 radical (unpaired) electrons. The van der Waals surface area contributed by atoms with Crippen LogP contribution >= 0.6 is 0 Å². The molecule has 0 N–H and O–H groups in total. The van der Waals surface area contributed by atoms with Crippen LogP contribution in [0.4, 0.5) is 0 Å². The van der Waals surface area contributed by atoms with Crippen LogP contribution < -0.4 is 10.3 Å². The van der Waals surface area contributed by atoms with Crippen LogP contribution in [0.1, 0.15) is 29.8 Å². The molecule has 2 aromatic rings. The Hall–Kier alpha value is -2.36. The Labute approximate surface area is 124 Å². The minimum absolute atomic E-state index is 0.209. The molecule has 2 rings (SSSR count). The third-order valence-corrected chi connectivity index (χ3v) is 3.56. The zero-order valence-electron chi connectivity index (χ0n) is 12.8. The first kappa shape index (κ1) is 15.0. The van der Waals surface area contributed by atoms with Crippen molar-refractivity contribution in [3.05, 3.63) is 51.8 Å². The van der Waals surface area contributed by atoms with Gasteiger partial charge < -0.3 is 9.30 Å². The second-order valence-corrected chi connectivity index (χ2v) is 4.92. The van der Waals surface area contributed by atoms with E-state index in [9.17, 15) is 9.59 Å². The van der Waals surface area contributed by atoms with Gasteiger partial charge in [-0.25, -0.2) is 0 Å². The van der Waals surface area contributed by atoms with Gasteiger partial charge in [0.15, 0.2) is 5.78 Å². The van der Waals surface area contributed by atoms with E-state index in [1.807, 2.05) is 38.1 Å². The Morgan fingerprint density at radius 3 is 2.48 bits per heavy atom. The van der Waals surface area contributed by atoms with Gasteiger partial charge in [-0.2, -0.15) is 0 Å². The first-order chi connectivity index (χ1) is 9.99. The van der Waals surface area contributed by atoms with Gasteiger partial charge in [0.25, 0.3) is 5.56 Å². The number of Topliss-reactive ketones (excluding diaryl/α,β-unsaturated/α-hetero) is 1. The summed E-state index contributed by atoms with van der Waals surface area (Å²) in [5.74, 6) is 0.601. The Morgan fingerprint density at radius 2 is 1.95 bits per heavy atom. The molecule has 0 amide bonds. The minimum atomic E-state index is -0.240. The van der Waals surface area contributed by atoms with Gasteiger partial charge in [0.2, 0.25) is 0 Å². The van der Waals surface area contributed by atoms with E-state index in [0.29, 0.717) is 6.54 Å². The number of ether oxygens (including phenoxy) is 1. The Balaban J connectivity index is 2.64. The summed E-state index contributed by atoms with van der Waals surface area (Å²) in [5.41, 5.74) is 2.73. The molecule has 1 aromatic heterocycles. The largest absolute Gasteiger partial charge is 0.496 e. The average molecular weight is 285 g/mol. The first-order valence-corrected chi connectivity index (χ1v) is 6.89. The molecule has 0 saturated heterocycles. The summed E-state index contributed by atoms with van der Waals surface area (Å²) < 4.78 is 6.88. The number of hydrogen-bond acceptors (Lipinski definition) is 3. The summed E-state index contributed by atoms with van der Waals surface area (Å²) in [4.78, 5) is 23.9. The van der Waals surface area contributed by atoms with E-state index in [-0.39, 0.29) is 16.9 Å². The number of ketones is 1. The molecule has 0 unspecified atom stereocenters. The number of methoxy groups -OCH3 is 1. The van der Waals surface area contributed by atoms with E-state index in [0.717, 1.165) is 22.6 Å². The van der Waals surface area contributed by atoms with Gasteiger partial charge in [-0.15, -0.1) is 0 Å². The summed E-state index contributed by atoms with van der Waals surface area (Å²) in [7, 11) is 1.63. The molecule has 1 heterocycles. The van der Waals surface area contributed by atoms with Gasteiger partial charge >= 0.3 is 0 Å². The first-order valence-electron chi connectivity index (χ1n) is 6.89. The topological polar surface area (TPSA) is 48.3 Å². The van der Waals surface area contributed by atoms with E-state index < -0.39 is 0 Å². The number of carbonyl (C=O) groups is 1. The monoisotopic (exact) mass is 285 g/mol.